The quantitative estimate of drug-likeness (QED) is 0.264. The predicted octanol–water partition coefficient (Wildman–Crippen LogP) is 6.68. The first-order chi connectivity index (χ1) is 15.7. The summed E-state index contributed by atoms with van der Waals surface area (Å²) in [5.41, 5.74) is 1.73. The van der Waals surface area contributed by atoms with Crippen molar-refractivity contribution in [1.82, 2.24) is 0 Å². The number of fused-ring (bicyclic) bond motifs is 1. The van der Waals surface area contributed by atoms with Crippen molar-refractivity contribution in [1.29, 1.82) is 0 Å². The third kappa shape index (κ3) is 5.58. The third-order valence-corrected chi connectivity index (χ3v) is 5.36. The van der Waals surface area contributed by atoms with Crippen molar-refractivity contribution in [3.8, 4) is 11.5 Å². The van der Waals surface area contributed by atoms with E-state index in [4.69, 9.17) is 13.9 Å². The molecule has 0 aliphatic heterocycles. The molecule has 0 saturated heterocycles. The monoisotopic (exact) mass is 428 g/mol. The number of aryl methyl sites for hydroxylation is 1. The average molecular weight is 429 g/mol. The van der Waals surface area contributed by atoms with Gasteiger partial charge in [0.25, 0.3) is 0 Å². The molecule has 1 aromatic heterocycles. The molecule has 4 heteroatoms. The summed E-state index contributed by atoms with van der Waals surface area (Å²) < 4.78 is 17.8. The molecular formula is C28H28O4. The molecular weight excluding hydrogens is 400 g/mol. The maximum Gasteiger partial charge on any atom is 0.347 e. The van der Waals surface area contributed by atoms with Crippen LogP contribution >= 0.6 is 0 Å². The smallest absolute Gasteiger partial charge is 0.347 e. The fourth-order valence-corrected chi connectivity index (χ4v) is 3.66. The molecule has 4 nitrogen and oxygen atoms in total. The molecule has 0 saturated carbocycles. The van der Waals surface area contributed by atoms with Crippen molar-refractivity contribution in [2.24, 2.45) is 0 Å². The zero-order valence-electron chi connectivity index (χ0n) is 18.4. The van der Waals surface area contributed by atoms with E-state index in [2.05, 4.69) is 6.92 Å². The molecule has 4 aromatic rings. The van der Waals surface area contributed by atoms with E-state index in [0.29, 0.717) is 35.9 Å². The number of hydrogen-bond donors (Lipinski definition) is 0. The van der Waals surface area contributed by atoms with Gasteiger partial charge in [-0.1, -0.05) is 80.4 Å². The maximum atomic E-state index is 12.9. The normalized spacial score (nSPS) is 10.9. The van der Waals surface area contributed by atoms with E-state index in [1.165, 1.54) is 0 Å². The topological polar surface area (TPSA) is 48.7 Å². The van der Waals surface area contributed by atoms with Gasteiger partial charge >= 0.3 is 5.63 Å². The van der Waals surface area contributed by atoms with Gasteiger partial charge in [-0.3, -0.25) is 0 Å². The summed E-state index contributed by atoms with van der Waals surface area (Å²) in [6.45, 7) is 2.95. The number of hydrogen-bond acceptors (Lipinski definition) is 4. The molecule has 4 rings (SSSR count). The first-order valence-electron chi connectivity index (χ1n) is 11.2. The molecule has 1 heterocycles. The van der Waals surface area contributed by atoms with Crippen LogP contribution in [0.3, 0.4) is 0 Å². The second-order valence-corrected chi connectivity index (χ2v) is 7.89. The zero-order chi connectivity index (χ0) is 22.2. The lowest BCUT2D eigenvalue weighted by Crippen LogP contribution is -2.07. The fraction of sp³-hybridized carbons (Fsp3) is 0.250. The Kier molecular flexibility index (Phi) is 7.23. The van der Waals surface area contributed by atoms with Gasteiger partial charge in [0.1, 0.15) is 35.9 Å². The molecule has 0 aliphatic carbocycles. The molecule has 0 atom stereocenters. The van der Waals surface area contributed by atoms with Crippen LogP contribution in [0.2, 0.25) is 0 Å². The predicted molar refractivity (Wildman–Crippen MR) is 127 cm³/mol. The van der Waals surface area contributed by atoms with E-state index in [9.17, 15) is 4.79 Å². The van der Waals surface area contributed by atoms with Gasteiger partial charge < -0.3 is 13.9 Å². The highest BCUT2D eigenvalue weighted by atomic mass is 16.5. The molecule has 0 N–H and O–H groups in total. The van der Waals surface area contributed by atoms with Crippen molar-refractivity contribution < 1.29 is 13.9 Å². The number of benzene rings is 3. The zero-order valence-corrected chi connectivity index (χ0v) is 18.4. The van der Waals surface area contributed by atoms with E-state index >= 15 is 0 Å². The van der Waals surface area contributed by atoms with Crippen molar-refractivity contribution in [3.63, 3.8) is 0 Å². The van der Waals surface area contributed by atoms with E-state index < -0.39 is 0 Å². The van der Waals surface area contributed by atoms with Crippen LogP contribution in [-0.4, -0.2) is 0 Å². The fourth-order valence-electron chi connectivity index (χ4n) is 3.66. The van der Waals surface area contributed by atoms with E-state index in [-0.39, 0.29) is 5.63 Å². The standard InChI is InChI=1S/C28H28O4/c1-2-3-6-15-24-16-23-17-25(30-19-21-11-7-4-8-12-21)18-26(27(23)28(29)32-24)31-20-22-13-9-5-10-14-22/h4-5,7-14,16-18H,2-3,6,15,19-20H2,1H3. The lowest BCUT2D eigenvalue weighted by atomic mass is 10.1. The summed E-state index contributed by atoms with van der Waals surface area (Å²) in [6.07, 6.45) is 3.96. The largest absolute Gasteiger partial charge is 0.489 e. The van der Waals surface area contributed by atoms with Crippen LogP contribution in [0.15, 0.2) is 88.1 Å². The summed E-state index contributed by atoms with van der Waals surface area (Å²) in [6, 6.07) is 25.5. The molecule has 0 bridgehead atoms. The molecule has 32 heavy (non-hydrogen) atoms. The van der Waals surface area contributed by atoms with Crippen LogP contribution in [0.5, 0.6) is 11.5 Å². The summed E-state index contributed by atoms with van der Waals surface area (Å²) in [4.78, 5) is 12.9. The van der Waals surface area contributed by atoms with Crippen molar-refractivity contribution in [2.75, 3.05) is 0 Å². The van der Waals surface area contributed by atoms with Gasteiger partial charge in [0.15, 0.2) is 0 Å². The number of ether oxygens (including phenoxy) is 2. The van der Waals surface area contributed by atoms with Gasteiger partial charge in [0.05, 0.1) is 0 Å². The van der Waals surface area contributed by atoms with Crippen molar-refractivity contribution in [2.45, 2.75) is 45.8 Å². The van der Waals surface area contributed by atoms with Crippen LogP contribution in [0.1, 0.15) is 43.1 Å². The molecule has 0 aliphatic rings. The van der Waals surface area contributed by atoms with Crippen LogP contribution in [0.4, 0.5) is 0 Å². The Morgan fingerprint density at radius 1 is 0.781 bits per heavy atom. The second-order valence-electron chi connectivity index (χ2n) is 7.89. The molecule has 0 spiro atoms. The molecule has 164 valence electrons. The Morgan fingerprint density at radius 3 is 2.09 bits per heavy atom. The van der Waals surface area contributed by atoms with Crippen LogP contribution in [0.25, 0.3) is 10.8 Å². The highest BCUT2D eigenvalue weighted by Crippen LogP contribution is 2.31. The minimum atomic E-state index is -0.369. The number of unbranched alkanes of at least 4 members (excludes halogenated alkanes) is 2. The van der Waals surface area contributed by atoms with Gasteiger partial charge in [-0.2, -0.15) is 0 Å². The van der Waals surface area contributed by atoms with Gasteiger partial charge in [0, 0.05) is 12.5 Å². The molecule has 0 unspecified atom stereocenters. The third-order valence-electron chi connectivity index (χ3n) is 5.36. The number of rotatable bonds is 10. The molecule has 0 fully saturated rings. The SMILES string of the molecule is CCCCCc1cc2cc(OCc3ccccc3)cc(OCc3ccccc3)c2c(=O)o1. The van der Waals surface area contributed by atoms with E-state index in [0.717, 1.165) is 42.2 Å². The highest BCUT2D eigenvalue weighted by molar-refractivity contribution is 5.88. The Bertz CT molecular complexity index is 1200. The summed E-state index contributed by atoms with van der Waals surface area (Å²) in [7, 11) is 0. The lowest BCUT2D eigenvalue weighted by molar-refractivity contribution is 0.292. The first kappa shape index (κ1) is 21.7. The Morgan fingerprint density at radius 2 is 1.44 bits per heavy atom. The van der Waals surface area contributed by atoms with Crippen LogP contribution < -0.4 is 15.1 Å². The second kappa shape index (κ2) is 10.7. The summed E-state index contributed by atoms with van der Waals surface area (Å²) in [5.74, 6) is 1.84. The minimum absolute atomic E-state index is 0.357. The van der Waals surface area contributed by atoms with Crippen molar-refractivity contribution in [3.05, 3.63) is 106 Å². The van der Waals surface area contributed by atoms with Gasteiger partial charge in [-0.05, 0) is 35.1 Å². The summed E-state index contributed by atoms with van der Waals surface area (Å²) >= 11 is 0. The Labute approximate surface area is 188 Å². The van der Waals surface area contributed by atoms with Gasteiger partial charge in [-0.15, -0.1) is 0 Å². The van der Waals surface area contributed by atoms with Crippen LogP contribution in [0, 0.1) is 0 Å². The Hall–Kier alpha value is -3.53. The van der Waals surface area contributed by atoms with Gasteiger partial charge in [0.2, 0.25) is 0 Å². The highest BCUT2D eigenvalue weighted by Gasteiger charge is 2.14. The van der Waals surface area contributed by atoms with Gasteiger partial charge in [-0.25, -0.2) is 4.79 Å². The Balaban J connectivity index is 1.66. The first-order valence-corrected chi connectivity index (χ1v) is 11.2. The van der Waals surface area contributed by atoms with E-state index in [1.807, 2.05) is 72.8 Å². The minimum Gasteiger partial charge on any atom is -0.489 e. The maximum absolute atomic E-state index is 12.9. The summed E-state index contributed by atoms with van der Waals surface area (Å²) in [5, 5.41) is 1.23. The average Bonchev–Trinajstić information content (AvgIpc) is 2.82. The lowest BCUT2D eigenvalue weighted by Gasteiger charge is -2.13. The molecule has 0 amide bonds. The van der Waals surface area contributed by atoms with E-state index in [1.54, 1.807) is 6.07 Å². The molecule has 3 aromatic carbocycles. The molecule has 0 radical (unpaired) electrons. The van der Waals surface area contributed by atoms with Crippen LogP contribution in [-0.2, 0) is 19.6 Å². The van der Waals surface area contributed by atoms with Crippen molar-refractivity contribution >= 4 is 10.8 Å².